The summed E-state index contributed by atoms with van der Waals surface area (Å²) in [7, 11) is 0. The second-order valence-corrected chi connectivity index (χ2v) is 6.30. The van der Waals surface area contributed by atoms with Crippen molar-refractivity contribution in [1.82, 2.24) is 0 Å². The van der Waals surface area contributed by atoms with E-state index in [0.717, 1.165) is 21.9 Å². The number of para-hydroxylation sites is 1. The number of hydrogen-bond acceptors (Lipinski definition) is 5. The Hall–Kier alpha value is -3.87. The molecule has 1 aromatic heterocycles. The molecule has 0 aliphatic heterocycles. The molecule has 0 fully saturated rings. The zero-order valence-electron chi connectivity index (χ0n) is 15.0. The SMILES string of the molecule is Cc1c(NC(=O)COc2ccc3oc4ccccc4c3c2)cccc1[N+](=O)[O-]. The quantitative estimate of drug-likeness (QED) is 0.398. The van der Waals surface area contributed by atoms with Crippen LogP contribution < -0.4 is 10.1 Å². The second-order valence-electron chi connectivity index (χ2n) is 6.30. The summed E-state index contributed by atoms with van der Waals surface area (Å²) >= 11 is 0. The maximum Gasteiger partial charge on any atom is 0.274 e. The van der Waals surface area contributed by atoms with E-state index in [0.29, 0.717) is 17.0 Å². The topological polar surface area (TPSA) is 94.6 Å². The smallest absolute Gasteiger partial charge is 0.274 e. The van der Waals surface area contributed by atoms with Crippen LogP contribution in [-0.4, -0.2) is 17.4 Å². The number of ether oxygens (including phenoxy) is 1. The van der Waals surface area contributed by atoms with E-state index in [1.165, 1.54) is 12.1 Å². The number of furan rings is 1. The molecule has 1 N–H and O–H groups in total. The van der Waals surface area contributed by atoms with Crippen LogP contribution in [0.1, 0.15) is 5.56 Å². The lowest BCUT2D eigenvalue weighted by molar-refractivity contribution is -0.385. The van der Waals surface area contributed by atoms with E-state index in [4.69, 9.17) is 9.15 Å². The highest BCUT2D eigenvalue weighted by atomic mass is 16.6. The van der Waals surface area contributed by atoms with Crippen molar-refractivity contribution in [3.63, 3.8) is 0 Å². The minimum atomic E-state index is -0.480. The van der Waals surface area contributed by atoms with Gasteiger partial charge in [0.15, 0.2) is 6.61 Å². The number of rotatable bonds is 5. The van der Waals surface area contributed by atoms with Gasteiger partial charge in [-0.05, 0) is 37.3 Å². The van der Waals surface area contributed by atoms with E-state index in [2.05, 4.69) is 5.32 Å². The minimum Gasteiger partial charge on any atom is -0.484 e. The third kappa shape index (κ3) is 3.25. The van der Waals surface area contributed by atoms with Crippen molar-refractivity contribution in [2.75, 3.05) is 11.9 Å². The molecule has 0 saturated heterocycles. The van der Waals surface area contributed by atoms with Crippen LogP contribution >= 0.6 is 0 Å². The Morgan fingerprint density at radius 3 is 2.68 bits per heavy atom. The molecule has 140 valence electrons. The molecule has 1 heterocycles. The molecule has 0 unspecified atom stereocenters. The Balaban J connectivity index is 1.49. The summed E-state index contributed by atoms with van der Waals surface area (Å²) in [4.78, 5) is 22.7. The van der Waals surface area contributed by atoms with Gasteiger partial charge in [0.1, 0.15) is 16.9 Å². The first-order valence-electron chi connectivity index (χ1n) is 8.61. The lowest BCUT2D eigenvalue weighted by Crippen LogP contribution is -2.20. The fourth-order valence-electron chi connectivity index (χ4n) is 3.09. The summed E-state index contributed by atoms with van der Waals surface area (Å²) in [5.74, 6) is 0.130. The predicted molar refractivity (Wildman–Crippen MR) is 106 cm³/mol. The molecule has 4 rings (SSSR count). The molecule has 0 radical (unpaired) electrons. The first-order chi connectivity index (χ1) is 13.5. The zero-order valence-corrected chi connectivity index (χ0v) is 15.0. The third-order valence-corrected chi connectivity index (χ3v) is 4.49. The summed E-state index contributed by atoms with van der Waals surface area (Å²) in [6, 6.07) is 17.6. The molecule has 0 spiro atoms. The standard InChI is InChI=1S/C21H16N2O5/c1-13-17(6-4-7-18(13)23(25)26)22-21(24)12-27-14-9-10-20-16(11-14)15-5-2-3-8-19(15)28-20/h2-11H,12H2,1H3,(H,22,24). The van der Waals surface area contributed by atoms with Crippen molar-refractivity contribution in [2.24, 2.45) is 0 Å². The third-order valence-electron chi connectivity index (χ3n) is 4.49. The Kier molecular flexibility index (Phi) is 4.41. The average Bonchev–Trinajstić information content (AvgIpc) is 3.06. The fraction of sp³-hybridized carbons (Fsp3) is 0.0952. The van der Waals surface area contributed by atoms with Crippen molar-refractivity contribution < 1.29 is 18.9 Å². The number of carbonyl (C=O) groups is 1. The Morgan fingerprint density at radius 2 is 1.86 bits per heavy atom. The van der Waals surface area contributed by atoms with Crippen LogP contribution in [0.5, 0.6) is 5.75 Å². The molecular formula is C21H16N2O5. The first-order valence-corrected chi connectivity index (χ1v) is 8.61. The van der Waals surface area contributed by atoms with Gasteiger partial charge in [-0.25, -0.2) is 0 Å². The molecule has 7 heteroatoms. The summed E-state index contributed by atoms with van der Waals surface area (Å²) in [5.41, 5.74) is 2.26. The summed E-state index contributed by atoms with van der Waals surface area (Å²) in [5, 5.41) is 15.5. The molecule has 7 nitrogen and oxygen atoms in total. The number of fused-ring (bicyclic) bond motifs is 3. The number of nitrogens with zero attached hydrogens (tertiary/aromatic N) is 1. The van der Waals surface area contributed by atoms with Gasteiger partial charge in [0.25, 0.3) is 11.6 Å². The van der Waals surface area contributed by atoms with E-state index < -0.39 is 10.8 Å². The first kappa shape index (κ1) is 17.5. The van der Waals surface area contributed by atoms with Gasteiger partial charge in [0, 0.05) is 16.8 Å². The van der Waals surface area contributed by atoms with E-state index in [1.807, 2.05) is 30.3 Å². The van der Waals surface area contributed by atoms with Crippen LogP contribution in [-0.2, 0) is 4.79 Å². The van der Waals surface area contributed by atoms with Crippen molar-refractivity contribution in [2.45, 2.75) is 6.92 Å². The number of anilines is 1. The maximum atomic E-state index is 12.2. The van der Waals surface area contributed by atoms with Gasteiger partial charge in [0.2, 0.25) is 0 Å². The van der Waals surface area contributed by atoms with Crippen molar-refractivity contribution in [3.8, 4) is 5.75 Å². The van der Waals surface area contributed by atoms with Gasteiger partial charge in [0.05, 0.1) is 16.2 Å². The molecule has 0 aliphatic carbocycles. The molecular weight excluding hydrogens is 360 g/mol. The molecule has 0 aliphatic rings. The number of hydrogen-bond donors (Lipinski definition) is 1. The number of nitrogens with one attached hydrogen (secondary N) is 1. The molecule has 1 amide bonds. The van der Waals surface area contributed by atoms with Gasteiger partial charge < -0.3 is 14.5 Å². The number of carbonyl (C=O) groups excluding carboxylic acids is 1. The predicted octanol–water partition coefficient (Wildman–Crippen LogP) is 4.82. The molecule has 3 aromatic carbocycles. The normalized spacial score (nSPS) is 10.9. The van der Waals surface area contributed by atoms with Gasteiger partial charge in [-0.3, -0.25) is 14.9 Å². The summed E-state index contributed by atoms with van der Waals surface area (Å²) < 4.78 is 11.4. The van der Waals surface area contributed by atoms with E-state index in [-0.39, 0.29) is 12.3 Å². The van der Waals surface area contributed by atoms with Crippen LogP contribution in [0.2, 0.25) is 0 Å². The highest BCUT2D eigenvalue weighted by molar-refractivity contribution is 6.05. The number of amides is 1. The molecule has 0 atom stereocenters. The molecule has 0 saturated carbocycles. The van der Waals surface area contributed by atoms with Gasteiger partial charge in [-0.15, -0.1) is 0 Å². The highest BCUT2D eigenvalue weighted by Gasteiger charge is 2.15. The molecule has 4 aromatic rings. The van der Waals surface area contributed by atoms with Gasteiger partial charge in [-0.2, -0.15) is 0 Å². The van der Waals surface area contributed by atoms with E-state index in [9.17, 15) is 14.9 Å². The minimum absolute atomic E-state index is 0.0454. The lowest BCUT2D eigenvalue weighted by atomic mass is 10.1. The van der Waals surface area contributed by atoms with Crippen LogP contribution in [0.25, 0.3) is 21.9 Å². The van der Waals surface area contributed by atoms with Crippen LogP contribution in [0.3, 0.4) is 0 Å². The largest absolute Gasteiger partial charge is 0.484 e. The van der Waals surface area contributed by atoms with E-state index in [1.54, 1.807) is 25.1 Å². The van der Waals surface area contributed by atoms with Crippen LogP contribution in [0, 0.1) is 17.0 Å². The fourth-order valence-corrected chi connectivity index (χ4v) is 3.09. The summed E-state index contributed by atoms with van der Waals surface area (Å²) in [6.45, 7) is 1.37. The van der Waals surface area contributed by atoms with Crippen LogP contribution in [0.15, 0.2) is 65.1 Å². The van der Waals surface area contributed by atoms with Gasteiger partial charge >= 0.3 is 0 Å². The Bertz CT molecular complexity index is 1210. The molecule has 28 heavy (non-hydrogen) atoms. The number of nitro groups is 1. The monoisotopic (exact) mass is 376 g/mol. The van der Waals surface area contributed by atoms with E-state index >= 15 is 0 Å². The van der Waals surface area contributed by atoms with Gasteiger partial charge in [-0.1, -0.05) is 24.3 Å². The number of benzene rings is 3. The van der Waals surface area contributed by atoms with Crippen molar-refractivity contribution in [3.05, 3.63) is 76.3 Å². The number of nitro benzene ring substituents is 1. The zero-order chi connectivity index (χ0) is 19.7. The van der Waals surface area contributed by atoms with Crippen molar-refractivity contribution >= 4 is 39.2 Å². The Labute approximate surface area is 159 Å². The lowest BCUT2D eigenvalue weighted by Gasteiger charge is -2.10. The maximum absolute atomic E-state index is 12.2. The molecule has 0 bridgehead atoms. The highest BCUT2D eigenvalue weighted by Crippen LogP contribution is 2.31. The van der Waals surface area contributed by atoms with Crippen molar-refractivity contribution in [1.29, 1.82) is 0 Å². The second kappa shape index (κ2) is 7.03. The average molecular weight is 376 g/mol. The van der Waals surface area contributed by atoms with Crippen LogP contribution in [0.4, 0.5) is 11.4 Å². The Morgan fingerprint density at radius 1 is 1.07 bits per heavy atom. The summed E-state index contributed by atoms with van der Waals surface area (Å²) in [6.07, 6.45) is 0.